The summed E-state index contributed by atoms with van der Waals surface area (Å²) in [5.41, 5.74) is 1.16. The maximum Gasteiger partial charge on any atom is 0.208 e. The number of rotatable bonds is 5. The van der Waals surface area contributed by atoms with Gasteiger partial charge >= 0.3 is 0 Å². The number of likely N-dealkylation sites (tertiary alicyclic amines) is 1. The molecule has 1 aliphatic rings. The number of nitrogens with zero attached hydrogens (tertiary/aromatic N) is 1. The van der Waals surface area contributed by atoms with Crippen LogP contribution in [0.25, 0.3) is 0 Å². The zero-order valence-electron chi connectivity index (χ0n) is 10.2. The van der Waals surface area contributed by atoms with Crippen LogP contribution in [0.15, 0.2) is 12.2 Å². The van der Waals surface area contributed by atoms with Crippen molar-refractivity contribution < 1.29 is 8.42 Å². The van der Waals surface area contributed by atoms with Gasteiger partial charge in [0, 0.05) is 19.6 Å². The van der Waals surface area contributed by atoms with Crippen LogP contribution in [-0.2, 0) is 10.0 Å². The van der Waals surface area contributed by atoms with E-state index in [1.807, 2.05) is 6.92 Å². The van der Waals surface area contributed by atoms with E-state index in [2.05, 4.69) is 16.2 Å². The van der Waals surface area contributed by atoms with E-state index in [1.54, 1.807) is 0 Å². The van der Waals surface area contributed by atoms with Crippen molar-refractivity contribution in [3.63, 3.8) is 0 Å². The summed E-state index contributed by atoms with van der Waals surface area (Å²) in [6.07, 6.45) is 3.46. The van der Waals surface area contributed by atoms with E-state index in [1.165, 1.54) is 6.26 Å². The molecular formula is C11H22N2O2S. The minimum Gasteiger partial charge on any atom is -0.299 e. The van der Waals surface area contributed by atoms with Crippen molar-refractivity contribution in [2.24, 2.45) is 5.92 Å². The third-order valence-electron chi connectivity index (χ3n) is 2.73. The zero-order valence-corrected chi connectivity index (χ0v) is 11.0. The van der Waals surface area contributed by atoms with Gasteiger partial charge in [-0.05, 0) is 32.2 Å². The van der Waals surface area contributed by atoms with Gasteiger partial charge in [0.25, 0.3) is 0 Å². The Morgan fingerprint density at radius 1 is 1.56 bits per heavy atom. The lowest BCUT2D eigenvalue weighted by atomic mass is 9.98. The molecule has 0 amide bonds. The molecule has 0 bridgehead atoms. The highest BCUT2D eigenvalue weighted by Crippen LogP contribution is 2.16. The Balaban J connectivity index is 2.36. The molecule has 1 saturated heterocycles. The molecule has 0 aromatic heterocycles. The minimum absolute atomic E-state index is 0.433. The number of hydrogen-bond donors (Lipinski definition) is 1. The molecule has 0 spiro atoms. The maximum atomic E-state index is 11.0. The van der Waals surface area contributed by atoms with Crippen LogP contribution in [0.4, 0.5) is 0 Å². The lowest BCUT2D eigenvalue weighted by Crippen LogP contribution is -2.41. The molecule has 1 atom stereocenters. The molecule has 4 nitrogen and oxygen atoms in total. The molecule has 0 unspecified atom stereocenters. The van der Waals surface area contributed by atoms with Crippen LogP contribution < -0.4 is 4.72 Å². The number of nitrogens with one attached hydrogen (secondary N) is 1. The molecule has 1 heterocycles. The molecule has 1 rings (SSSR count). The second-order valence-corrected chi connectivity index (χ2v) is 6.65. The number of sulfonamides is 1. The van der Waals surface area contributed by atoms with Crippen molar-refractivity contribution in [2.75, 3.05) is 32.4 Å². The van der Waals surface area contributed by atoms with Gasteiger partial charge in [-0.15, -0.1) is 0 Å². The largest absolute Gasteiger partial charge is 0.299 e. The summed E-state index contributed by atoms with van der Waals surface area (Å²) in [5.74, 6) is 0.433. The quantitative estimate of drug-likeness (QED) is 0.731. The predicted octanol–water partition coefficient (Wildman–Crippen LogP) is 0.824. The van der Waals surface area contributed by atoms with Crippen LogP contribution in [-0.4, -0.2) is 45.8 Å². The fraction of sp³-hybridized carbons (Fsp3) is 0.818. The monoisotopic (exact) mass is 246 g/mol. The second-order valence-electron chi connectivity index (χ2n) is 4.82. The highest BCUT2D eigenvalue weighted by Gasteiger charge is 2.20. The molecular weight excluding hydrogens is 224 g/mol. The summed E-state index contributed by atoms with van der Waals surface area (Å²) in [6, 6.07) is 0. The first kappa shape index (κ1) is 13.7. The van der Waals surface area contributed by atoms with Crippen molar-refractivity contribution in [1.82, 2.24) is 9.62 Å². The topological polar surface area (TPSA) is 49.4 Å². The van der Waals surface area contributed by atoms with Gasteiger partial charge in [0.1, 0.15) is 0 Å². The van der Waals surface area contributed by atoms with Gasteiger partial charge in [-0.3, -0.25) is 4.90 Å². The lowest BCUT2D eigenvalue weighted by molar-refractivity contribution is 0.189. The highest BCUT2D eigenvalue weighted by molar-refractivity contribution is 7.88. The van der Waals surface area contributed by atoms with Crippen molar-refractivity contribution in [3.05, 3.63) is 12.2 Å². The predicted molar refractivity (Wildman–Crippen MR) is 66.8 cm³/mol. The Hall–Kier alpha value is -0.390. The summed E-state index contributed by atoms with van der Waals surface area (Å²) in [5, 5.41) is 0. The van der Waals surface area contributed by atoms with Gasteiger partial charge in [0.15, 0.2) is 0 Å². The normalized spacial score (nSPS) is 23.2. The van der Waals surface area contributed by atoms with Gasteiger partial charge in [-0.1, -0.05) is 12.2 Å². The fourth-order valence-corrected chi connectivity index (χ4v) is 2.65. The maximum absolute atomic E-state index is 11.0. The first-order chi connectivity index (χ1) is 7.37. The Bertz CT molecular complexity index is 338. The van der Waals surface area contributed by atoms with E-state index >= 15 is 0 Å². The second kappa shape index (κ2) is 5.80. The van der Waals surface area contributed by atoms with Gasteiger partial charge in [-0.2, -0.15) is 0 Å². The van der Waals surface area contributed by atoms with Crippen molar-refractivity contribution in [2.45, 2.75) is 19.8 Å². The van der Waals surface area contributed by atoms with Crippen LogP contribution in [0, 0.1) is 5.92 Å². The lowest BCUT2D eigenvalue weighted by Gasteiger charge is -2.32. The van der Waals surface area contributed by atoms with E-state index in [-0.39, 0.29) is 0 Å². The standard InChI is InChI=1S/C11H22N2O2S/c1-10(2)8-13-6-4-5-11(9-13)7-12-16(3,14)15/h11-12H,1,4-9H2,2-3H3/t11-/m0/s1. The molecule has 0 radical (unpaired) electrons. The van der Waals surface area contributed by atoms with E-state index < -0.39 is 10.0 Å². The van der Waals surface area contributed by atoms with Crippen LogP contribution in [0.1, 0.15) is 19.8 Å². The summed E-state index contributed by atoms with van der Waals surface area (Å²) in [7, 11) is -3.05. The molecule has 0 aromatic carbocycles. The first-order valence-electron chi connectivity index (χ1n) is 5.68. The SMILES string of the molecule is C=C(C)CN1CCC[C@@H](CNS(C)(=O)=O)C1. The average Bonchev–Trinajstić information content (AvgIpc) is 2.13. The van der Waals surface area contributed by atoms with Gasteiger partial charge < -0.3 is 0 Å². The van der Waals surface area contributed by atoms with Gasteiger partial charge in [-0.25, -0.2) is 13.1 Å². The van der Waals surface area contributed by atoms with Gasteiger partial charge in [0.05, 0.1) is 6.26 Å². The van der Waals surface area contributed by atoms with Crippen LogP contribution in [0.2, 0.25) is 0 Å². The molecule has 1 aliphatic heterocycles. The Kier molecular flexibility index (Phi) is 4.95. The molecule has 16 heavy (non-hydrogen) atoms. The molecule has 5 heteroatoms. The average molecular weight is 246 g/mol. The summed E-state index contributed by atoms with van der Waals surface area (Å²) in [4.78, 5) is 2.35. The molecule has 1 fully saturated rings. The zero-order chi connectivity index (χ0) is 12.2. The number of piperidine rings is 1. The summed E-state index contributed by atoms with van der Waals surface area (Å²) >= 11 is 0. The highest BCUT2D eigenvalue weighted by atomic mass is 32.2. The third kappa shape index (κ3) is 5.63. The smallest absolute Gasteiger partial charge is 0.208 e. The molecule has 0 aromatic rings. The van der Waals surface area contributed by atoms with E-state index in [9.17, 15) is 8.42 Å². The first-order valence-corrected chi connectivity index (χ1v) is 7.57. The Labute approximate surface area is 98.8 Å². The van der Waals surface area contributed by atoms with Crippen LogP contribution in [0.5, 0.6) is 0 Å². The molecule has 0 saturated carbocycles. The van der Waals surface area contributed by atoms with Crippen molar-refractivity contribution >= 4 is 10.0 Å². The molecule has 94 valence electrons. The van der Waals surface area contributed by atoms with Crippen LogP contribution in [0.3, 0.4) is 0 Å². The van der Waals surface area contributed by atoms with E-state index in [4.69, 9.17) is 0 Å². The Morgan fingerprint density at radius 3 is 2.81 bits per heavy atom. The van der Waals surface area contributed by atoms with Gasteiger partial charge in [0.2, 0.25) is 10.0 Å². The van der Waals surface area contributed by atoms with Crippen LogP contribution >= 0.6 is 0 Å². The third-order valence-corrected chi connectivity index (χ3v) is 3.42. The minimum atomic E-state index is -3.05. The van der Waals surface area contributed by atoms with Crippen molar-refractivity contribution in [1.29, 1.82) is 0 Å². The molecule has 1 N–H and O–H groups in total. The Morgan fingerprint density at radius 2 is 2.25 bits per heavy atom. The van der Waals surface area contributed by atoms with E-state index in [0.717, 1.165) is 38.0 Å². The van der Waals surface area contributed by atoms with Crippen molar-refractivity contribution in [3.8, 4) is 0 Å². The summed E-state index contributed by atoms with van der Waals surface area (Å²) in [6.45, 7) is 9.49. The fourth-order valence-electron chi connectivity index (χ4n) is 2.11. The number of hydrogen-bond acceptors (Lipinski definition) is 3. The van der Waals surface area contributed by atoms with E-state index in [0.29, 0.717) is 12.5 Å². The molecule has 0 aliphatic carbocycles. The summed E-state index contributed by atoms with van der Waals surface area (Å²) < 4.78 is 24.6.